The summed E-state index contributed by atoms with van der Waals surface area (Å²) in [5, 5.41) is 3.46. The van der Waals surface area contributed by atoms with Crippen molar-refractivity contribution in [3.8, 4) is 0 Å². The van der Waals surface area contributed by atoms with Crippen molar-refractivity contribution in [2.24, 2.45) is 0 Å². The molecule has 70 valence electrons. The Morgan fingerprint density at radius 1 is 1.33 bits per heavy atom. The van der Waals surface area contributed by atoms with Crippen molar-refractivity contribution < 1.29 is 9.47 Å². The molecule has 2 atom stereocenters. The van der Waals surface area contributed by atoms with Crippen molar-refractivity contribution in [1.82, 2.24) is 5.32 Å². The van der Waals surface area contributed by atoms with Crippen molar-refractivity contribution in [2.45, 2.75) is 37.0 Å². The lowest BCUT2D eigenvalue weighted by Gasteiger charge is -2.21. The first-order valence-corrected chi connectivity index (χ1v) is 4.62. The number of rotatable bonds is 3. The van der Waals surface area contributed by atoms with Crippen LogP contribution in [0.1, 0.15) is 19.3 Å². The Balaban J connectivity index is 1.90. The maximum atomic E-state index is 5.51. The van der Waals surface area contributed by atoms with Crippen LogP contribution >= 0.6 is 0 Å². The first-order valence-electron chi connectivity index (χ1n) is 4.62. The van der Waals surface area contributed by atoms with Gasteiger partial charge in [0.15, 0.2) is 0 Å². The largest absolute Gasteiger partial charge is 0.380 e. The summed E-state index contributed by atoms with van der Waals surface area (Å²) in [5.41, 5.74) is 0.160. The summed E-state index contributed by atoms with van der Waals surface area (Å²) in [7, 11) is 3.59. The molecule has 1 saturated carbocycles. The van der Waals surface area contributed by atoms with Gasteiger partial charge in [-0.05, 0) is 19.3 Å². The minimum absolute atomic E-state index is 0.160. The van der Waals surface area contributed by atoms with Crippen LogP contribution in [0.25, 0.3) is 0 Å². The molecule has 1 heterocycles. The van der Waals surface area contributed by atoms with E-state index in [4.69, 9.17) is 9.47 Å². The molecule has 1 N–H and O–H groups in total. The average molecular weight is 171 g/mol. The van der Waals surface area contributed by atoms with Crippen molar-refractivity contribution in [2.75, 3.05) is 20.8 Å². The van der Waals surface area contributed by atoms with Crippen molar-refractivity contribution >= 4 is 0 Å². The van der Waals surface area contributed by atoms with Gasteiger partial charge in [-0.3, -0.25) is 0 Å². The quantitative estimate of drug-likeness (QED) is 0.672. The van der Waals surface area contributed by atoms with Crippen LogP contribution in [0.5, 0.6) is 0 Å². The molecule has 0 spiro atoms. The maximum Gasteiger partial charge on any atom is 0.0834 e. The normalized spacial score (nSPS) is 38.5. The van der Waals surface area contributed by atoms with Crippen LogP contribution in [0.15, 0.2) is 0 Å². The van der Waals surface area contributed by atoms with Gasteiger partial charge in [-0.2, -0.15) is 0 Å². The van der Waals surface area contributed by atoms with Gasteiger partial charge in [-0.15, -0.1) is 0 Å². The molecule has 0 unspecified atom stereocenters. The zero-order valence-electron chi connectivity index (χ0n) is 7.80. The molecule has 2 fully saturated rings. The van der Waals surface area contributed by atoms with Gasteiger partial charge in [-0.1, -0.05) is 0 Å². The third kappa shape index (κ3) is 1.26. The molecule has 12 heavy (non-hydrogen) atoms. The highest BCUT2D eigenvalue weighted by Crippen LogP contribution is 2.44. The number of hydrogen-bond donors (Lipinski definition) is 1. The van der Waals surface area contributed by atoms with E-state index in [1.807, 2.05) is 7.11 Å². The second kappa shape index (κ2) is 2.98. The van der Waals surface area contributed by atoms with E-state index in [1.54, 1.807) is 7.11 Å². The van der Waals surface area contributed by atoms with Gasteiger partial charge in [0.25, 0.3) is 0 Å². The average Bonchev–Trinajstić information content (AvgIpc) is 2.77. The van der Waals surface area contributed by atoms with Gasteiger partial charge in [0.05, 0.1) is 11.7 Å². The van der Waals surface area contributed by atoms with Crippen LogP contribution < -0.4 is 5.32 Å². The van der Waals surface area contributed by atoms with Gasteiger partial charge in [0.1, 0.15) is 0 Å². The van der Waals surface area contributed by atoms with E-state index in [1.165, 1.54) is 12.8 Å². The predicted octanol–water partition coefficient (Wildman–Crippen LogP) is 0.542. The molecule has 0 radical (unpaired) electrons. The summed E-state index contributed by atoms with van der Waals surface area (Å²) >= 11 is 0. The molecule has 0 bridgehead atoms. The standard InChI is InChI=1S/C9H17NO2/c1-11-7-5-8(10-6-7)9(12-2)3-4-9/h7-8,10H,3-6H2,1-2H3/t7-,8-/m0/s1. The second-order valence-electron chi connectivity index (χ2n) is 3.82. The molecule has 3 nitrogen and oxygen atoms in total. The molecule has 1 saturated heterocycles. The zero-order chi connectivity index (χ0) is 8.60. The van der Waals surface area contributed by atoms with E-state index in [0.717, 1.165) is 13.0 Å². The van der Waals surface area contributed by atoms with Crippen LogP contribution in [0.2, 0.25) is 0 Å². The molecule has 3 heteroatoms. The van der Waals surface area contributed by atoms with Crippen molar-refractivity contribution in [3.63, 3.8) is 0 Å². The van der Waals surface area contributed by atoms with Gasteiger partial charge in [-0.25, -0.2) is 0 Å². The summed E-state index contributed by atoms with van der Waals surface area (Å²) < 4.78 is 10.8. The molecule has 2 rings (SSSR count). The van der Waals surface area contributed by atoms with E-state index in [2.05, 4.69) is 5.32 Å². The van der Waals surface area contributed by atoms with E-state index in [9.17, 15) is 0 Å². The van der Waals surface area contributed by atoms with Crippen LogP contribution in [0.3, 0.4) is 0 Å². The minimum Gasteiger partial charge on any atom is -0.380 e. The van der Waals surface area contributed by atoms with Gasteiger partial charge >= 0.3 is 0 Å². The van der Waals surface area contributed by atoms with Crippen molar-refractivity contribution in [1.29, 1.82) is 0 Å². The third-order valence-corrected chi connectivity index (χ3v) is 3.21. The van der Waals surface area contributed by atoms with E-state index < -0.39 is 0 Å². The fraction of sp³-hybridized carbons (Fsp3) is 1.00. The van der Waals surface area contributed by atoms with E-state index in [0.29, 0.717) is 12.1 Å². The SMILES string of the molecule is CO[C@@H]1CN[C@H](C2(OC)CC2)C1. The Morgan fingerprint density at radius 3 is 2.50 bits per heavy atom. The highest BCUT2D eigenvalue weighted by Gasteiger charge is 2.52. The predicted molar refractivity (Wildman–Crippen MR) is 46.2 cm³/mol. The van der Waals surface area contributed by atoms with E-state index in [-0.39, 0.29) is 5.60 Å². The van der Waals surface area contributed by atoms with Gasteiger partial charge < -0.3 is 14.8 Å². The van der Waals surface area contributed by atoms with Crippen molar-refractivity contribution in [3.05, 3.63) is 0 Å². The summed E-state index contributed by atoms with van der Waals surface area (Å²) in [6.07, 6.45) is 3.90. The highest BCUT2D eigenvalue weighted by molar-refractivity contribution is 5.08. The summed E-state index contributed by atoms with van der Waals surface area (Å²) in [6.45, 7) is 0.978. The number of hydrogen-bond acceptors (Lipinski definition) is 3. The molecule has 0 amide bonds. The van der Waals surface area contributed by atoms with Crippen LogP contribution in [-0.4, -0.2) is 38.5 Å². The minimum atomic E-state index is 0.160. The zero-order valence-corrected chi connectivity index (χ0v) is 7.80. The monoisotopic (exact) mass is 171 g/mol. The lowest BCUT2D eigenvalue weighted by atomic mass is 10.1. The Morgan fingerprint density at radius 2 is 2.08 bits per heavy atom. The van der Waals surface area contributed by atoms with Crippen LogP contribution in [0.4, 0.5) is 0 Å². The summed E-state index contributed by atoms with van der Waals surface area (Å²) in [6, 6.07) is 0.521. The molecular weight excluding hydrogens is 154 g/mol. The Labute approximate surface area is 73.4 Å². The molecule has 1 aliphatic carbocycles. The van der Waals surface area contributed by atoms with E-state index >= 15 is 0 Å². The first-order chi connectivity index (χ1) is 5.80. The molecule has 0 aromatic rings. The fourth-order valence-electron chi connectivity index (χ4n) is 2.10. The van der Waals surface area contributed by atoms with Crippen LogP contribution in [-0.2, 0) is 9.47 Å². The van der Waals surface area contributed by atoms with Gasteiger partial charge in [0, 0.05) is 26.8 Å². The Bertz CT molecular complexity index is 168. The highest BCUT2D eigenvalue weighted by atomic mass is 16.5. The van der Waals surface area contributed by atoms with Gasteiger partial charge in [0.2, 0.25) is 0 Å². The van der Waals surface area contributed by atoms with Crippen LogP contribution in [0, 0.1) is 0 Å². The first kappa shape index (κ1) is 8.48. The Hall–Kier alpha value is -0.120. The number of ether oxygens (including phenoxy) is 2. The fourth-order valence-corrected chi connectivity index (χ4v) is 2.10. The topological polar surface area (TPSA) is 30.5 Å². The molecule has 1 aliphatic heterocycles. The molecule has 0 aromatic carbocycles. The molecular formula is C9H17NO2. The molecule has 2 aliphatic rings. The maximum absolute atomic E-state index is 5.51. The Kier molecular flexibility index (Phi) is 2.10. The smallest absolute Gasteiger partial charge is 0.0834 e. The third-order valence-electron chi connectivity index (χ3n) is 3.21. The number of nitrogens with one attached hydrogen (secondary N) is 1. The summed E-state index contributed by atoms with van der Waals surface area (Å²) in [5.74, 6) is 0. The number of methoxy groups -OCH3 is 2. The summed E-state index contributed by atoms with van der Waals surface area (Å²) in [4.78, 5) is 0. The lowest BCUT2D eigenvalue weighted by molar-refractivity contribution is 0.0439. The lowest BCUT2D eigenvalue weighted by Crippen LogP contribution is -2.37. The second-order valence-corrected chi connectivity index (χ2v) is 3.82. The molecule has 0 aromatic heterocycles.